The third-order valence-electron chi connectivity index (χ3n) is 4.30. The molecule has 0 aliphatic carbocycles. The molecule has 0 fully saturated rings. The summed E-state index contributed by atoms with van der Waals surface area (Å²) < 4.78 is 15.0. The van der Waals surface area contributed by atoms with Crippen molar-refractivity contribution in [1.82, 2.24) is 0 Å². The molecule has 0 N–H and O–H groups in total. The molecule has 5 heteroatoms. The number of hydrogen-bond donors (Lipinski definition) is 0. The molecule has 0 radical (unpaired) electrons. The molecule has 1 aliphatic heterocycles. The van der Waals surface area contributed by atoms with Gasteiger partial charge in [-0.15, -0.1) is 0 Å². The third kappa shape index (κ3) is 2.47. The maximum Gasteiger partial charge on any atom is 0.373 e. The van der Waals surface area contributed by atoms with Gasteiger partial charge in [0.25, 0.3) is 0 Å². The molecule has 1 aliphatic rings. The molecule has 118 valence electrons. The van der Waals surface area contributed by atoms with Crippen molar-refractivity contribution in [2.45, 2.75) is 25.7 Å². The Labute approximate surface area is 129 Å². The number of hydrogen-bond acceptors (Lipinski definition) is 5. The fourth-order valence-corrected chi connectivity index (χ4v) is 2.93. The molecule has 1 aromatic carbocycles. The fraction of sp³-hybridized carbons (Fsp3) is 0.412. The van der Waals surface area contributed by atoms with E-state index in [9.17, 15) is 9.59 Å². The van der Waals surface area contributed by atoms with Crippen LogP contribution in [0, 0.1) is 5.92 Å². The lowest BCUT2D eigenvalue weighted by Crippen LogP contribution is -2.45. The van der Waals surface area contributed by atoms with Crippen LogP contribution in [0.4, 0.5) is 0 Å². The van der Waals surface area contributed by atoms with E-state index in [4.69, 9.17) is 9.47 Å². The topological polar surface area (TPSA) is 61.8 Å². The highest BCUT2D eigenvalue weighted by Gasteiger charge is 2.48. The van der Waals surface area contributed by atoms with Crippen molar-refractivity contribution in [3.63, 3.8) is 0 Å². The zero-order valence-electron chi connectivity index (χ0n) is 13.2. The van der Waals surface area contributed by atoms with Gasteiger partial charge in [-0.05, 0) is 36.1 Å². The van der Waals surface area contributed by atoms with Gasteiger partial charge in [-0.2, -0.15) is 0 Å². The Morgan fingerprint density at radius 3 is 2.36 bits per heavy atom. The second-order valence-electron chi connectivity index (χ2n) is 5.25. The molecule has 0 amide bonds. The van der Waals surface area contributed by atoms with Crippen LogP contribution < -0.4 is 4.74 Å². The minimum Gasteiger partial charge on any atom is -0.497 e. The van der Waals surface area contributed by atoms with Gasteiger partial charge in [0.2, 0.25) is 5.76 Å². The summed E-state index contributed by atoms with van der Waals surface area (Å²) in [4.78, 5) is 24.2. The molecule has 2 atom stereocenters. The number of allylic oxidation sites excluding steroid dienone is 1. The highest BCUT2D eigenvalue weighted by Crippen LogP contribution is 2.42. The highest BCUT2D eigenvalue weighted by molar-refractivity contribution is 5.94. The smallest absolute Gasteiger partial charge is 0.373 e. The van der Waals surface area contributed by atoms with Crippen LogP contribution in [0.1, 0.15) is 25.8 Å². The zero-order chi connectivity index (χ0) is 16.3. The first-order chi connectivity index (χ1) is 10.5. The SMILES string of the molecule is CC[C@@]1(c2ccc(OC)cc2)C(=O)OC(C(=O)OC)=C[C@H]1C. The van der Waals surface area contributed by atoms with Gasteiger partial charge in [-0.25, -0.2) is 4.79 Å². The lowest BCUT2D eigenvalue weighted by Gasteiger charge is -2.38. The molecule has 0 aromatic heterocycles. The van der Waals surface area contributed by atoms with Crippen LogP contribution in [0.15, 0.2) is 36.1 Å². The summed E-state index contributed by atoms with van der Waals surface area (Å²) in [5.41, 5.74) is 0.0255. The van der Waals surface area contributed by atoms with Gasteiger partial charge in [0.15, 0.2) is 0 Å². The summed E-state index contributed by atoms with van der Waals surface area (Å²) >= 11 is 0. The monoisotopic (exact) mass is 304 g/mol. The quantitative estimate of drug-likeness (QED) is 0.800. The van der Waals surface area contributed by atoms with Gasteiger partial charge in [0.05, 0.1) is 19.6 Å². The molecule has 0 saturated carbocycles. The predicted octanol–water partition coefficient (Wildman–Crippen LogP) is 2.59. The summed E-state index contributed by atoms with van der Waals surface area (Å²) in [7, 11) is 2.85. The molecular formula is C17H20O5. The second kappa shape index (κ2) is 6.22. The number of methoxy groups -OCH3 is 2. The molecular weight excluding hydrogens is 284 g/mol. The van der Waals surface area contributed by atoms with Crippen molar-refractivity contribution in [3.8, 4) is 5.75 Å². The molecule has 0 bridgehead atoms. The average molecular weight is 304 g/mol. The molecule has 0 unspecified atom stereocenters. The van der Waals surface area contributed by atoms with Crippen LogP contribution in [0.5, 0.6) is 5.75 Å². The minimum absolute atomic E-state index is 0.0439. The van der Waals surface area contributed by atoms with E-state index in [1.54, 1.807) is 13.2 Å². The normalized spacial score (nSPS) is 24.3. The van der Waals surface area contributed by atoms with Crippen LogP contribution in [0.3, 0.4) is 0 Å². The van der Waals surface area contributed by atoms with Crippen LogP contribution in [0.2, 0.25) is 0 Å². The molecule has 2 rings (SSSR count). The van der Waals surface area contributed by atoms with Crippen LogP contribution in [-0.2, 0) is 24.5 Å². The Bertz CT molecular complexity index is 602. The van der Waals surface area contributed by atoms with E-state index in [0.29, 0.717) is 6.42 Å². The third-order valence-corrected chi connectivity index (χ3v) is 4.30. The van der Waals surface area contributed by atoms with Gasteiger partial charge in [0.1, 0.15) is 5.75 Å². The van der Waals surface area contributed by atoms with Crippen molar-refractivity contribution in [2.24, 2.45) is 5.92 Å². The van der Waals surface area contributed by atoms with Crippen LogP contribution in [0.25, 0.3) is 0 Å². The van der Waals surface area contributed by atoms with Gasteiger partial charge >= 0.3 is 11.9 Å². The number of benzene rings is 1. The number of rotatable bonds is 4. The number of esters is 2. The summed E-state index contributed by atoms with van der Waals surface area (Å²) in [5.74, 6) is -0.591. The first-order valence-corrected chi connectivity index (χ1v) is 7.16. The molecule has 1 aromatic rings. The van der Waals surface area contributed by atoms with Crippen molar-refractivity contribution >= 4 is 11.9 Å². The Morgan fingerprint density at radius 2 is 1.91 bits per heavy atom. The van der Waals surface area contributed by atoms with Gasteiger partial charge in [-0.3, -0.25) is 4.79 Å². The predicted molar refractivity (Wildman–Crippen MR) is 80.3 cm³/mol. The van der Waals surface area contributed by atoms with Crippen LogP contribution >= 0.6 is 0 Å². The lowest BCUT2D eigenvalue weighted by molar-refractivity contribution is -0.157. The van der Waals surface area contributed by atoms with Crippen molar-refractivity contribution < 1.29 is 23.8 Å². The molecule has 0 saturated heterocycles. The summed E-state index contributed by atoms with van der Waals surface area (Å²) in [6.07, 6.45) is 2.21. The largest absolute Gasteiger partial charge is 0.497 e. The first-order valence-electron chi connectivity index (χ1n) is 7.16. The van der Waals surface area contributed by atoms with Gasteiger partial charge in [-0.1, -0.05) is 26.0 Å². The Balaban J connectivity index is 2.46. The van der Waals surface area contributed by atoms with E-state index >= 15 is 0 Å². The van der Waals surface area contributed by atoms with E-state index in [1.165, 1.54) is 7.11 Å². The fourth-order valence-electron chi connectivity index (χ4n) is 2.93. The first kappa shape index (κ1) is 16.1. The van der Waals surface area contributed by atoms with Gasteiger partial charge < -0.3 is 14.2 Å². The van der Waals surface area contributed by atoms with Crippen LogP contribution in [-0.4, -0.2) is 26.2 Å². The second-order valence-corrected chi connectivity index (χ2v) is 5.25. The molecule has 0 spiro atoms. The maximum absolute atomic E-state index is 12.6. The van der Waals surface area contributed by atoms with Gasteiger partial charge in [0, 0.05) is 0 Å². The van der Waals surface area contributed by atoms with E-state index in [0.717, 1.165) is 11.3 Å². The summed E-state index contributed by atoms with van der Waals surface area (Å²) in [5, 5.41) is 0. The maximum atomic E-state index is 12.6. The van der Waals surface area contributed by atoms with E-state index in [2.05, 4.69) is 4.74 Å². The van der Waals surface area contributed by atoms with E-state index < -0.39 is 17.4 Å². The summed E-state index contributed by atoms with van der Waals surface area (Å²) in [6, 6.07) is 7.34. The highest BCUT2D eigenvalue weighted by atomic mass is 16.6. The Hall–Kier alpha value is -2.30. The standard InChI is InChI=1S/C17H20O5/c1-5-17(12-6-8-13(20-3)9-7-12)11(2)10-14(15(18)21-4)22-16(17)19/h6-11H,5H2,1-4H3/t11-,17-/m1/s1. The van der Waals surface area contributed by atoms with Crippen molar-refractivity contribution in [1.29, 1.82) is 0 Å². The Kier molecular flexibility index (Phi) is 4.54. The molecule has 22 heavy (non-hydrogen) atoms. The van der Waals surface area contributed by atoms with Crippen molar-refractivity contribution in [2.75, 3.05) is 14.2 Å². The summed E-state index contributed by atoms with van der Waals surface area (Å²) in [6.45, 7) is 3.83. The minimum atomic E-state index is -0.816. The number of carbonyl (C=O) groups is 2. The molecule has 1 heterocycles. The van der Waals surface area contributed by atoms with E-state index in [-0.39, 0.29) is 11.7 Å². The molecule has 5 nitrogen and oxygen atoms in total. The number of cyclic esters (lactones) is 1. The lowest BCUT2D eigenvalue weighted by atomic mass is 9.68. The van der Waals surface area contributed by atoms with Crippen molar-refractivity contribution in [3.05, 3.63) is 41.7 Å². The zero-order valence-corrected chi connectivity index (χ0v) is 13.2. The average Bonchev–Trinajstić information content (AvgIpc) is 2.54. The number of ether oxygens (including phenoxy) is 3. The number of carbonyl (C=O) groups excluding carboxylic acids is 2. The van der Waals surface area contributed by atoms with E-state index in [1.807, 2.05) is 38.1 Å². The Morgan fingerprint density at radius 1 is 1.27 bits per heavy atom.